The van der Waals surface area contributed by atoms with Gasteiger partial charge in [-0.2, -0.15) is 4.98 Å². The van der Waals surface area contributed by atoms with Gasteiger partial charge in [-0.3, -0.25) is 9.59 Å². The highest BCUT2D eigenvalue weighted by Crippen LogP contribution is 2.19. The summed E-state index contributed by atoms with van der Waals surface area (Å²) in [6, 6.07) is 16.3. The predicted molar refractivity (Wildman–Crippen MR) is 101 cm³/mol. The summed E-state index contributed by atoms with van der Waals surface area (Å²) in [5, 5.41) is 6.76. The number of aromatic nitrogens is 2. The van der Waals surface area contributed by atoms with E-state index in [1.807, 2.05) is 37.3 Å². The van der Waals surface area contributed by atoms with Gasteiger partial charge in [0.25, 0.3) is 0 Å². The highest BCUT2D eigenvalue weighted by molar-refractivity contribution is 5.97. The van der Waals surface area contributed by atoms with Crippen molar-refractivity contribution in [3.8, 4) is 11.4 Å². The minimum Gasteiger partial charge on any atom is -0.345 e. The van der Waals surface area contributed by atoms with Gasteiger partial charge in [0, 0.05) is 24.0 Å². The molecule has 2 aromatic carbocycles. The second kappa shape index (κ2) is 8.40. The fraction of sp³-hybridized carbons (Fsp3) is 0.238. The van der Waals surface area contributed by atoms with Crippen molar-refractivity contribution >= 4 is 11.7 Å². The van der Waals surface area contributed by atoms with E-state index in [2.05, 4.69) is 15.5 Å². The predicted octanol–water partition coefficient (Wildman–Crippen LogP) is 3.89. The van der Waals surface area contributed by atoms with Crippen LogP contribution in [0.2, 0.25) is 0 Å². The van der Waals surface area contributed by atoms with E-state index >= 15 is 0 Å². The molecule has 3 aromatic rings. The second-order valence-corrected chi connectivity index (χ2v) is 6.40. The Morgan fingerprint density at radius 2 is 1.74 bits per heavy atom. The van der Waals surface area contributed by atoms with Crippen molar-refractivity contribution in [1.82, 2.24) is 15.5 Å². The van der Waals surface area contributed by atoms with Crippen molar-refractivity contribution in [3.05, 3.63) is 71.6 Å². The minimum absolute atomic E-state index is 0.0575. The van der Waals surface area contributed by atoms with Crippen molar-refractivity contribution in [1.29, 1.82) is 0 Å². The molecule has 0 fully saturated rings. The first-order valence-corrected chi connectivity index (χ1v) is 8.81. The molecule has 0 saturated heterocycles. The van der Waals surface area contributed by atoms with Crippen molar-refractivity contribution in [2.45, 2.75) is 32.7 Å². The smallest absolute Gasteiger partial charge is 0.249 e. The standard InChI is InChI=1S/C21H21N3O3/c1-14-8-10-17(11-9-14)20-23-21(27-24-20)15(2)22-19(26)13-12-18(25)16-6-4-3-5-7-16/h3-11,15H,12-13H2,1-2H3,(H,22,26)/t15-/m0/s1. The maximum atomic E-state index is 12.1. The van der Waals surface area contributed by atoms with Gasteiger partial charge in [0.05, 0.1) is 0 Å². The van der Waals surface area contributed by atoms with Crippen LogP contribution < -0.4 is 5.32 Å². The van der Waals surface area contributed by atoms with Crippen LogP contribution in [0.25, 0.3) is 11.4 Å². The summed E-state index contributed by atoms with van der Waals surface area (Å²) >= 11 is 0. The average Bonchev–Trinajstić information content (AvgIpc) is 3.18. The van der Waals surface area contributed by atoms with Crippen LogP contribution in [0, 0.1) is 6.92 Å². The Morgan fingerprint density at radius 3 is 2.44 bits per heavy atom. The number of ketones is 1. The highest BCUT2D eigenvalue weighted by atomic mass is 16.5. The summed E-state index contributed by atoms with van der Waals surface area (Å²) in [6.07, 6.45) is 0.262. The number of rotatable bonds is 7. The van der Waals surface area contributed by atoms with Crippen LogP contribution in [-0.4, -0.2) is 21.8 Å². The van der Waals surface area contributed by atoms with E-state index in [0.29, 0.717) is 17.3 Å². The molecular weight excluding hydrogens is 342 g/mol. The third-order valence-corrected chi connectivity index (χ3v) is 4.17. The zero-order valence-electron chi connectivity index (χ0n) is 15.3. The monoisotopic (exact) mass is 363 g/mol. The molecule has 0 radical (unpaired) electrons. The number of Topliss-reactive ketones (excluding diaryl/α,β-unsaturated/α-hetero) is 1. The highest BCUT2D eigenvalue weighted by Gasteiger charge is 2.18. The lowest BCUT2D eigenvalue weighted by Gasteiger charge is -2.09. The third kappa shape index (κ3) is 4.88. The first-order chi connectivity index (χ1) is 13.0. The van der Waals surface area contributed by atoms with Gasteiger partial charge in [0.1, 0.15) is 6.04 Å². The SMILES string of the molecule is Cc1ccc(-c2noc([C@H](C)NC(=O)CCC(=O)c3ccccc3)n2)cc1. The Morgan fingerprint density at radius 1 is 1.04 bits per heavy atom. The lowest BCUT2D eigenvalue weighted by atomic mass is 10.1. The van der Waals surface area contributed by atoms with Crippen molar-refractivity contribution in [2.24, 2.45) is 0 Å². The van der Waals surface area contributed by atoms with Crippen molar-refractivity contribution in [3.63, 3.8) is 0 Å². The van der Waals surface area contributed by atoms with Crippen LogP contribution >= 0.6 is 0 Å². The number of amides is 1. The van der Waals surface area contributed by atoms with E-state index < -0.39 is 6.04 Å². The molecule has 27 heavy (non-hydrogen) atoms. The minimum atomic E-state index is -0.434. The molecule has 0 aliphatic heterocycles. The van der Waals surface area contributed by atoms with Gasteiger partial charge in [-0.15, -0.1) is 0 Å². The van der Waals surface area contributed by atoms with Gasteiger partial charge in [0.2, 0.25) is 17.6 Å². The summed E-state index contributed by atoms with van der Waals surface area (Å²) in [4.78, 5) is 28.5. The molecule has 1 aromatic heterocycles. The zero-order chi connectivity index (χ0) is 19.2. The molecule has 3 rings (SSSR count). The van der Waals surface area contributed by atoms with E-state index in [0.717, 1.165) is 11.1 Å². The van der Waals surface area contributed by atoms with Crippen LogP contribution in [0.5, 0.6) is 0 Å². The number of carbonyl (C=O) groups excluding carboxylic acids is 2. The molecule has 0 spiro atoms. The number of carbonyl (C=O) groups is 2. The summed E-state index contributed by atoms with van der Waals surface area (Å²) in [6.45, 7) is 3.77. The van der Waals surface area contributed by atoms with Crippen LogP contribution in [0.15, 0.2) is 59.1 Å². The Hall–Kier alpha value is -3.28. The molecule has 6 nitrogen and oxygen atoms in total. The molecule has 1 atom stereocenters. The van der Waals surface area contributed by atoms with Gasteiger partial charge in [-0.05, 0) is 13.8 Å². The average molecular weight is 363 g/mol. The molecule has 0 unspecified atom stereocenters. The van der Waals surface area contributed by atoms with Gasteiger partial charge in [-0.1, -0.05) is 65.3 Å². The molecule has 1 N–H and O–H groups in total. The fourth-order valence-electron chi connectivity index (χ4n) is 2.60. The van der Waals surface area contributed by atoms with Crippen LogP contribution in [-0.2, 0) is 4.79 Å². The van der Waals surface area contributed by atoms with E-state index in [-0.39, 0.29) is 24.5 Å². The summed E-state index contributed by atoms with van der Waals surface area (Å²) in [5.41, 5.74) is 2.61. The topological polar surface area (TPSA) is 85.1 Å². The quantitative estimate of drug-likeness (QED) is 0.644. The largest absolute Gasteiger partial charge is 0.345 e. The lowest BCUT2D eigenvalue weighted by molar-refractivity contribution is -0.121. The normalized spacial score (nSPS) is 11.8. The molecule has 1 heterocycles. The first kappa shape index (κ1) is 18.5. The summed E-state index contributed by atoms with van der Waals surface area (Å²) in [5.74, 6) is 0.512. The fourth-order valence-corrected chi connectivity index (χ4v) is 2.60. The first-order valence-electron chi connectivity index (χ1n) is 8.81. The Balaban J connectivity index is 1.54. The molecule has 6 heteroatoms. The molecule has 1 amide bonds. The lowest BCUT2D eigenvalue weighted by Crippen LogP contribution is -2.27. The van der Waals surface area contributed by atoms with Gasteiger partial charge >= 0.3 is 0 Å². The van der Waals surface area contributed by atoms with Crippen LogP contribution in [0.4, 0.5) is 0 Å². The van der Waals surface area contributed by atoms with E-state index in [1.54, 1.807) is 31.2 Å². The third-order valence-electron chi connectivity index (χ3n) is 4.17. The Labute approximate surface area is 157 Å². The van der Waals surface area contributed by atoms with Gasteiger partial charge in [-0.25, -0.2) is 0 Å². The number of aryl methyl sites for hydroxylation is 1. The molecule has 138 valence electrons. The molecular formula is C21H21N3O3. The number of hydrogen-bond acceptors (Lipinski definition) is 5. The number of hydrogen-bond donors (Lipinski definition) is 1. The number of nitrogens with zero attached hydrogens (tertiary/aromatic N) is 2. The number of benzene rings is 2. The van der Waals surface area contributed by atoms with Crippen molar-refractivity contribution < 1.29 is 14.1 Å². The summed E-state index contributed by atoms with van der Waals surface area (Å²) < 4.78 is 5.26. The molecule has 0 saturated carbocycles. The molecule has 0 aliphatic carbocycles. The summed E-state index contributed by atoms with van der Waals surface area (Å²) in [7, 11) is 0. The van der Waals surface area contributed by atoms with Gasteiger partial charge < -0.3 is 9.84 Å². The van der Waals surface area contributed by atoms with Crippen LogP contribution in [0.3, 0.4) is 0 Å². The van der Waals surface area contributed by atoms with Crippen LogP contribution in [0.1, 0.15) is 47.6 Å². The van der Waals surface area contributed by atoms with E-state index in [9.17, 15) is 9.59 Å². The molecule has 0 bridgehead atoms. The van der Waals surface area contributed by atoms with Gasteiger partial charge in [0.15, 0.2) is 5.78 Å². The van der Waals surface area contributed by atoms with E-state index in [4.69, 9.17) is 4.52 Å². The zero-order valence-corrected chi connectivity index (χ0v) is 15.3. The maximum Gasteiger partial charge on any atom is 0.249 e. The Kier molecular flexibility index (Phi) is 5.76. The second-order valence-electron chi connectivity index (χ2n) is 6.40. The number of nitrogens with one attached hydrogen (secondary N) is 1. The maximum absolute atomic E-state index is 12.1. The molecule has 0 aliphatic rings. The Bertz CT molecular complexity index is 917. The van der Waals surface area contributed by atoms with Crippen molar-refractivity contribution in [2.75, 3.05) is 0 Å². The van der Waals surface area contributed by atoms with E-state index in [1.165, 1.54) is 0 Å².